The van der Waals surface area contributed by atoms with Crippen LogP contribution in [0, 0.1) is 4.64 Å². The van der Waals surface area contributed by atoms with Crippen molar-refractivity contribution in [3.63, 3.8) is 0 Å². The lowest BCUT2D eigenvalue weighted by Gasteiger charge is -2.04. The number of carbonyl (C=O) groups is 1. The molecule has 0 radical (unpaired) electrons. The summed E-state index contributed by atoms with van der Waals surface area (Å²) in [5.41, 5.74) is 0.560. The van der Waals surface area contributed by atoms with E-state index in [4.69, 9.17) is 17.0 Å². The first kappa shape index (κ1) is 12.3. The van der Waals surface area contributed by atoms with Crippen LogP contribution in [0.2, 0.25) is 0 Å². The van der Waals surface area contributed by atoms with E-state index in [1.54, 1.807) is 0 Å². The van der Waals surface area contributed by atoms with E-state index in [0.717, 1.165) is 5.56 Å². The summed E-state index contributed by atoms with van der Waals surface area (Å²) in [6, 6.07) is 9.29. The van der Waals surface area contributed by atoms with Crippen LogP contribution in [0.1, 0.15) is 15.9 Å². The lowest BCUT2D eigenvalue weighted by molar-refractivity contribution is 0.0471. The maximum absolute atomic E-state index is 11.7. The van der Waals surface area contributed by atoms with Gasteiger partial charge in [-0.3, -0.25) is 4.98 Å². The molecule has 2 aromatic rings. The fourth-order valence-electron chi connectivity index (χ4n) is 1.36. The molecule has 92 valence electrons. The number of ether oxygens (including phenoxy) is 1. The Balaban J connectivity index is 2.09. The first-order chi connectivity index (χ1) is 8.66. The molecule has 2 N–H and O–H groups in total. The molecule has 0 atom stereocenters. The van der Waals surface area contributed by atoms with Crippen LogP contribution in [0.3, 0.4) is 0 Å². The maximum Gasteiger partial charge on any atom is 0.342 e. The van der Waals surface area contributed by atoms with Gasteiger partial charge in [-0.2, -0.15) is 0 Å². The van der Waals surface area contributed by atoms with Gasteiger partial charge in [-0.15, -0.1) is 0 Å². The molecule has 0 aliphatic carbocycles. The van der Waals surface area contributed by atoms with Gasteiger partial charge in [0, 0.05) is 6.20 Å². The molecule has 2 rings (SSSR count). The van der Waals surface area contributed by atoms with Crippen LogP contribution >= 0.6 is 12.2 Å². The van der Waals surface area contributed by atoms with Crippen molar-refractivity contribution >= 4 is 18.2 Å². The standard InChI is InChI=1S/C12H10N2O3S/c15-11(9-6-13-12(16)14-10(9)18)17-7-8-4-2-1-3-5-8/h1-6H,7H2,(H2,13,14,16,18). The van der Waals surface area contributed by atoms with Crippen molar-refractivity contribution in [3.05, 3.63) is 62.8 Å². The second-order valence-electron chi connectivity index (χ2n) is 3.55. The van der Waals surface area contributed by atoms with Crippen LogP contribution < -0.4 is 5.69 Å². The summed E-state index contributed by atoms with van der Waals surface area (Å²) < 4.78 is 5.15. The molecule has 1 aromatic heterocycles. The van der Waals surface area contributed by atoms with Gasteiger partial charge in [0.2, 0.25) is 0 Å². The molecule has 6 heteroatoms. The molecule has 5 nitrogen and oxygen atoms in total. The van der Waals surface area contributed by atoms with Crippen LogP contribution in [0.4, 0.5) is 0 Å². The number of aromatic nitrogens is 2. The Kier molecular flexibility index (Phi) is 3.69. The number of nitrogens with one attached hydrogen (secondary N) is 2. The summed E-state index contributed by atoms with van der Waals surface area (Å²) in [5.74, 6) is -0.573. The number of H-pyrrole nitrogens is 2. The van der Waals surface area contributed by atoms with Gasteiger partial charge in [-0.1, -0.05) is 42.5 Å². The van der Waals surface area contributed by atoms with E-state index in [-0.39, 0.29) is 16.8 Å². The highest BCUT2D eigenvalue weighted by atomic mass is 32.1. The zero-order valence-electron chi connectivity index (χ0n) is 9.30. The Labute approximate surface area is 107 Å². The number of hydrogen-bond acceptors (Lipinski definition) is 4. The average molecular weight is 262 g/mol. The Hall–Kier alpha value is -2.21. The Morgan fingerprint density at radius 1 is 1.28 bits per heavy atom. The quantitative estimate of drug-likeness (QED) is 0.653. The second kappa shape index (κ2) is 5.42. The largest absolute Gasteiger partial charge is 0.457 e. The molecule has 0 fully saturated rings. The lowest BCUT2D eigenvalue weighted by atomic mass is 10.2. The molecule has 0 unspecified atom stereocenters. The van der Waals surface area contributed by atoms with Crippen molar-refractivity contribution in [2.75, 3.05) is 0 Å². The molecule has 1 aromatic carbocycles. The highest BCUT2D eigenvalue weighted by Crippen LogP contribution is 2.04. The summed E-state index contributed by atoms with van der Waals surface area (Å²) in [6.07, 6.45) is 1.24. The average Bonchev–Trinajstić information content (AvgIpc) is 2.37. The third-order valence-electron chi connectivity index (χ3n) is 2.25. The van der Waals surface area contributed by atoms with Crippen molar-refractivity contribution in [2.45, 2.75) is 6.61 Å². The smallest absolute Gasteiger partial charge is 0.342 e. The lowest BCUT2D eigenvalue weighted by Crippen LogP contribution is -2.15. The molecule has 18 heavy (non-hydrogen) atoms. The molecule has 0 saturated heterocycles. The third kappa shape index (κ3) is 2.92. The molecular weight excluding hydrogens is 252 g/mol. The van der Waals surface area contributed by atoms with Gasteiger partial charge in [-0.05, 0) is 5.56 Å². The second-order valence-corrected chi connectivity index (χ2v) is 3.96. The first-order valence-electron chi connectivity index (χ1n) is 5.20. The minimum Gasteiger partial charge on any atom is -0.457 e. The Bertz CT molecular complexity index is 661. The van der Waals surface area contributed by atoms with Gasteiger partial charge in [0.25, 0.3) is 0 Å². The zero-order valence-corrected chi connectivity index (χ0v) is 10.1. The number of hydrogen-bond donors (Lipinski definition) is 2. The predicted octanol–water partition coefficient (Wildman–Crippen LogP) is 1.79. The minimum atomic E-state index is -0.573. The molecule has 0 amide bonds. The van der Waals surface area contributed by atoms with Crippen LogP contribution in [0.15, 0.2) is 41.3 Å². The van der Waals surface area contributed by atoms with E-state index in [9.17, 15) is 9.59 Å². The fourth-order valence-corrected chi connectivity index (χ4v) is 1.60. The molecule has 0 spiro atoms. The summed E-state index contributed by atoms with van der Waals surface area (Å²) in [5, 5.41) is 0. The molecule has 0 aliphatic heterocycles. The van der Waals surface area contributed by atoms with E-state index >= 15 is 0 Å². The highest BCUT2D eigenvalue weighted by molar-refractivity contribution is 7.71. The zero-order chi connectivity index (χ0) is 13.0. The molecule has 0 saturated carbocycles. The van der Waals surface area contributed by atoms with Gasteiger partial charge < -0.3 is 9.72 Å². The first-order valence-corrected chi connectivity index (χ1v) is 5.61. The van der Waals surface area contributed by atoms with Crippen LogP contribution in [-0.4, -0.2) is 15.9 Å². The van der Waals surface area contributed by atoms with E-state index in [2.05, 4.69) is 9.97 Å². The molecule has 1 heterocycles. The van der Waals surface area contributed by atoms with Crippen molar-refractivity contribution in [1.82, 2.24) is 9.97 Å². The Morgan fingerprint density at radius 2 is 2.00 bits per heavy atom. The van der Waals surface area contributed by atoms with Gasteiger partial charge >= 0.3 is 11.7 Å². The monoisotopic (exact) mass is 262 g/mol. The minimum absolute atomic E-state index is 0.0665. The molecule has 0 aliphatic rings. The topological polar surface area (TPSA) is 75.0 Å². The van der Waals surface area contributed by atoms with E-state index < -0.39 is 11.7 Å². The van der Waals surface area contributed by atoms with Crippen LogP contribution in [-0.2, 0) is 11.3 Å². The van der Waals surface area contributed by atoms with E-state index in [1.165, 1.54) is 6.20 Å². The summed E-state index contributed by atoms with van der Waals surface area (Å²) >= 11 is 4.87. The van der Waals surface area contributed by atoms with Crippen molar-refractivity contribution in [3.8, 4) is 0 Å². The third-order valence-corrected chi connectivity index (χ3v) is 2.57. The number of carbonyl (C=O) groups excluding carboxylic acids is 1. The van der Waals surface area contributed by atoms with E-state index in [1.807, 2.05) is 30.3 Å². The summed E-state index contributed by atoms with van der Waals surface area (Å²) in [4.78, 5) is 27.3. The van der Waals surface area contributed by atoms with Gasteiger partial charge in [0.1, 0.15) is 16.8 Å². The highest BCUT2D eigenvalue weighted by Gasteiger charge is 2.10. The van der Waals surface area contributed by atoms with E-state index in [0.29, 0.717) is 0 Å². The number of rotatable bonds is 3. The van der Waals surface area contributed by atoms with Crippen molar-refractivity contribution < 1.29 is 9.53 Å². The predicted molar refractivity (Wildman–Crippen MR) is 67.8 cm³/mol. The number of benzene rings is 1. The number of esters is 1. The SMILES string of the molecule is O=C(OCc1ccccc1)c1c[nH]c(=O)[nH]c1=S. The van der Waals surface area contributed by atoms with Gasteiger partial charge in [0.15, 0.2) is 0 Å². The van der Waals surface area contributed by atoms with Gasteiger partial charge in [0.05, 0.1) is 0 Å². The van der Waals surface area contributed by atoms with Crippen molar-refractivity contribution in [1.29, 1.82) is 0 Å². The Morgan fingerprint density at radius 3 is 2.67 bits per heavy atom. The normalized spacial score (nSPS) is 10.0. The molecular formula is C12H10N2O3S. The summed E-state index contributed by atoms with van der Waals surface area (Å²) in [7, 11) is 0. The fraction of sp³-hybridized carbons (Fsp3) is 0.0833. The summed E-state index contributed by atoms with van der Waals surface area (Å²) in [6.45, 7) is 0.160. The van der Waals surface area contributed by atoms with Crippen LogP contribution in [0.25, 0.3) is 0 Å². The van der Waals surface area contributed by atoms with Gasteiger partial charge in [-0.25, -0.2) is 9.59 Å². The van der Waals surface area contributed by atoms with Crippen LogP contribution in [0.5, 0.6) is 0 Å². The van der Waals surface area contributed by atoms with Crippen molar-refractivity contribution in [2.24, 2.45) is 0 Å². The maximum atomic E-state index is 11.7. The number of aromatic amines is 2. The molecule has 0 bridgehead atoms.